The highest BCUT2D eigenvalue weighted by molar-refractivity contribution is 6.30. The summed E-state index contributed by atoms with van der Waals surface area (Å²) in [5.74, 6) is -7.33. The van der Waals surface area contributed by atoms with Crippen LogP contribution in [0.2, 0.25) is 0 Å². The monoisotopic (exact) mass is 718 g/mol. The maximum absolute atomic E-state index is 11.7. The molecule has 0 bridgehead atoms. The molecule has 8 rings (SSSR count). The first-order valence-corrected chi connectivity index (χ1v) is 17.3. The zero-order valence-corrected chi connectivity index (χ0v) is 29.6. The quantitative estimate of drug-likeness (QED) is 0.0382. The zero-order valence-electron chi connectivity index (χ0n) is 29.6. The molecule has 1 aromatic heterocycles. The molecule has 2 aliphatic carbocycles. The molecule has 10 heteroatoms. The number of hydrogen-bond acceptors (Lipinski definition) is 9. The Bertz CT molecular complexity index is 2740. The Morgan fingerprint density at radius 3 is 1.89 bits per heavy atom. The van der Waals surface area contributed by atoms with E-state index in [2.05, 4.69) is 31.2 Å². The van der Waals surface area contributed by atoms with E-state index in [1.807, 2.05) is 73.7 Å². The van der Waals surface area contributed by atoms with Crippen molar-refractivity contribution in [1.82, 2.24) is 0 Å². The first kappa shape index (κ1) is 34.2. The van der Waals surface area contributed by atoms with Gasteiger partial charge in [0.05, 0.1) is 5.56 Å². The largest absolute Gasteiger partial charge is 0.504 e. The molecule has 0 aliphatic heterocycles. The standard InChI is InChI=1S/C44H35BO9/c1-20(18-31-21(2)23-17-16-22-10-4-3-5-11-24(22)44(23)54-31)32-25-12-6-8-14-27(25)33(28-15-9-7-13-26(28)32)35-30(45)19-29(36(46)40(50)39(35)49)34-37(47)41(51)43(53)42(52)38(34)48/h3-9,11-18,46-53H,10,19,45H2,1-2H3/b20-18+. The van der Waals surface area contributed by atoms with Crippen molar-refractivity contribution >= 4 is 69.2 Å². The predicted octanol–water partition coefficient (Wildman–Crippen LogP) is 9.31. The van der Waals surface area contributed by atoms with Crippen LogP contribution in [0.15, 0.2) is 106 Å². The Labute approximate surface area is 310 Å². The van der Waals surface area contributed by atoms with E-state index in [1.165, 1.54) is 5.56 Å². The van der Waals surface area contributed by atoms with Gasteiger partial charge in [-0.1, -0.05) is 90.4 Å². The SMILES string of the molecule is BC1=C(c2c3ccccc3c(/C(C)=C/c3oc4c5c(ccc4c3C)CC=CC=C5)c3ccccc23)C(O)=C(O)C(O)=C(c2c(O)c(O)c(O)c(O)c2O)C1. The van der Waals surface area contributed by atoms with Crippen LogP contribution in [0.1, 0.15) is 52.5 Å². The highest BCUT2D eigenvalue weighted by atomic mass is 16.4. The van der Waals surface area contributed by atoms with Gasteiger partial charge < -0.3 is 45.3 Å². The molecule has 0 atom stereocenters. The smallest absolute Gasteiger partial charge is 0.208 e. The van der Waals surface area contributed by atoms with E-state index in [0.717, 1.165) is 67.0 Å². The summed E-state index contributed by atoms with van der Waals surface area (Å²) in [6.45, 7) is 4.08. The Balaban J connectivity index is 1.35. The second-order valence-electron chi connectivity index (χ2n) is 13.7. The summed E-state index contributed by atoms with van der Waals surface area (Å²) < 4.78 is 6.60. The van der Waals surface area contributed by atoms with Gasteiger partial charge in [-0.25, -0.2) is 0 Å². The highest BCUT2D eigenvalue weighted by Crippen LogP contribution is 2.55. The first-order valence-electron chi connectivity index (χ1n) is 17.3. The summed E-state index contributed by atoms with van der Waals surface area (Å²) in [5, 5.41) is 90.5. The molecule has 54 heavy (non-hydrogen) atoms. The minimum Gasteiger partial charge on any atom is -0.504 e. The van der Waals surface area contributed by atoms with Crippen LogP contribution in [0.5, 0.6) is 28.7 Å². The Kier molecular flexibility index (Phi) is 7.99. The second-order valence-corrected chi connectivity index (χ2v) is 13.7. The Morgan fingerprint density at radius 2 is 1.26 bits per heavy atom. The van der Waals surface area contributed by atoms with Gasteiger partial charge in [-0.15, -0.1) is 0 Å². The summed E-state index contributed by atoms with van der Waals surface area (Å²) in [4.78, 5) is 0. The van der Waals surface area contributed by atoms with E-state index < -0.39 is 51.6 Å². The van der Waals surface area contributed by atoms with Crippen molar-refractivity contribution in [3.05, 3.63) is 141 Å². The van der Waals surface area contributed by atoms with Gasteiger partial charge in [-0.2, -0.15) is 0 Å². The minimum absolute atomic E-state index is 0.192. The summed E-state index contributed by atoms with van der Waals surface area (Å²) in [7, 11) is 1.66. The van der Waals surface area contributed by atoms with Gasteiger partial charge in [0.1, 0.15) is 19.2 Å². The molecule has 0 spiro atoms. The molecule has 5 aromatic carbocycles. The fourth-order valence-corrected chi connectivity index (χ4v) is 7.90. The van der Waals surface area contributed by atoms with Gasteiger partial charge >= 0.3 is 0 Å². The molecule has 268 valence electrons. The third-order valence-electron chi connectivity index (χ3n) is 10.6. The number of aliphatic hydroxyl groups excluding tert-OH is 3. The van der Waals surface area contributed by atoms with Crippen molar-refractivity contribution in [1.29, 1.82) is 0 Å². The molecule has 9 nitrogen and oxygen atoms in total. The molecule has 0 unspecified atom stereocenters. The number of hydrogen-bond donors (Lipinski definition) is 8. The maximum atomic E-state index is 11.7. The number of aryl methyl sites for hydroxylation is 1. The average Bonchev–Trinajstić information content (AvgIpc) is 3.28. The van der Waals surface area contributed by atoms with Crippen LogP contribution in [0.25, 0.3) is 61.4 Å². The third kappa shape index (κ3) is 5.02. The minimum atomic E-state index is -1.17. The lowest BCUT2D eigenvalue weighted by Gasteiger charge is -2.21. The zero-order chi connectivity index (χ0) is 38.2. The van der Waals surface area contributed by atoms with Crippen molar-refractivity contribution < 1.29 is 45.3 Å². The summed E-state index contributed by atoms with van der Waals surface area (Å²) >= 11 is 0. The van der Waals surface area contributed by atoms with E-state index in [-0.39, 0.29) is 17.6 Å². The van der Waals surface area contributed by atoms with Crippen LogP contribution < -0.4 is 0 Å². The summed E-state index contributed by atoms with van der Waals surface area (Å²) in [5.41, 5.74) is 6.17. The van der Waals surface area contributed by atoms with E-state index in [1.54, 1.807) is 7.85 Å². The van der Waals surface area contributed by atoms with Crippen LogP contribution in [0.3, 0.4) is 0 Å². The molecule has 8 N–H and O–H groups in total. The lowest BCUT2D eigenvalue weighted by atomic mass is 9.78. The normalized spacial score (nSPS) is 15.1. The molecule has 1 heterocycles. The van der Waals surface area contributed by atoms with Crippen LogP contribution in [-0.4, -0.2) is 48.7 Å². The molecular weight excluding hydrogens is 683 g/mol. The van der Waals surface area contributed by atoms with Crippen molar-refractivity contribution in [2.45, 2.75) is 26.7 Å². The number of aliphatic hydroxyl groups is 3. The summed E-state index contributed by atoms with van der Waals surface area (Å²) in [6, 6.07) is 19.6. The van der Waals surface area contributed by atoms with E-state index in [0.29, 0.717) is 11.0 Å². The maximum Gasteiger partial charge on any atom is 0.208 e. The molecule has 0 saturated heterocycles. The number of rotatable bonds is 4. The van der Waals surface area contributed by atoms with Crippen LogP contribution in [-0.2, 0) is 6.42 Å². The number of phenolic OH excluding ortho intramolecular Hbond substituents is 5. The fourth-order valence-electron chi connectivity index (χ4n) is 7.90. The molecule has 6 aromatic rings. The third-order valence-corrected chi connectivity index (χ3v) is 10.6. The number of benzene rings is 5. The van der Waals surface area contributed by atoms with Crippen molar-refractivity contribution in [2.24, 2.45) is 0 Å². The van der Waals surface area contributed by atoms with Gasteiger partial charge in [-0.3, -0.25) is 0 Å². The molecule has 0 saturated carbocycles. The fraction of sp³-hybridized carbons (Fsp3) is 0.0909. The van der Waals surface area contributed by atoms with Crippen LogP contribution >= 0.6 is 0 Å². The second kappa shape index (κ2) is 12.6. The number of fused-ring (bicyclic) bond motifs is 5. The Hall–Kier alpha value is -6.94. The molecule has 0 amide bonds. The van der Waals surface area contributed by atoms with Gasteiger partial charge in [0.25, 0.3) is 0 Å². The van der Waals surface area contributed by atoms with Gasteiger partial charge in [-0.05, 0) is 71.0 Å². The lowest BCUT2D eigenvalue weighted by molar-refractivity contribution is 0.294. The van der Waals surface area contributed by atoms with E-state index in [9.17, 15) is 40.9 Å². The van der Waals surface area contributed by atoms with Crippen molar-refractivity contribution in [2.75, 3.05) is 0 Å². The van der Waals surface area contributed by atoms with Gasteiger partial charge in [0.2, 0.25) is 23.0 Å². The van der Waals surface area contributed by atoms with Crippen LogP contribution in [0.4, 0.5) is 0 Å². The number of phenols is 5. The topological polar surface area (TPSA) is 175 Å². The molecular formula is C44H35BO9. The van der Waals surface area contributed by atoms with Gasteiger partial charge in [0.15, 0.2) is 23.0 Å². The number of aromatic hydroxyl groups is 5. The molecule has 0 fully saturated rings. The Morgan fingerprint density at radius 1 is 0.667 bits per heavy atom. The highest BCUT2D eigenvalue weighted by Gasteiger charge is 2.33. The lowest BCUT2D eigenvalue weighted by Crippen LogP contribution is -2.02. The van der Waals surface area contributed by atoms with Crippen molar-refractivity contribution in [3.8, 4) is 28.7 Å². The van der Waals surface area contributed by atoms with Crippen LogP contribution in [0, 0.1) is 6.92 Å². The summed E-state index contributed by atoms with van der Waals surface area (Å²) in [6.07, 6.45) is 10.9. The molecule has 2 aliphatic rings. The van der Waals surface area contributed by atoms with E-state index in [4.69, 9.17) is 4.42 Å². The number of allylic oxidation sites excluding steroid dienone is 7. The van der Waals surface area contributed by atoms with E-state index >= 15 is 0 Å². The first-order chi connectivity index (χ1) is 25.9. The molecule has 0 radical (unpaired) electrons. The predicted molar refractivity (Wildman–Crippen MR) is 215 cm³/mol. The average molecular weight is 719 g/mol. The van der Waals surface area contributed by atoms with Gasteiger partial charge in [0, 0.05) is 33.2 Å². The number of furan rings is 1. The van der Waals surface area contributed by atoms with Crippen molar-refractivity contribution in [3.63, 3.8) is 0 Å².